The van der Waals surface area contributed by atoms with Crippen molar-refractivity contribution in [2.45, 2.75) is 30.7 Å². The van der Waals surface area contributed by atoms with E-state index in [2.05, 4.69) is 42.2 Å². The van der Waals surface area contributed by atoms with Crippen LogP contribution in [0.15, 0.2) is 47.6 Å². The molecule has 2 rings (SSSR count). The number of hydrogen-bond acceptors (Lipinski definition) is 3. The fraction of sp³-hybridized carbons (Fsp3) is 0.267. The topological polar surface area (TPSA) is 38.9 Å². The van der Waals surface area contributed by atoms with E-state index in [1.165, 1.54) is 11.1 Å². The zero-order valence-electron chi connectivity index (χ0n) is 10.8. The van der Waals surface area contributed by atoms with E-state index in [-0.39, 0.29) is 6.04 Å². The highest BCUT2D eigenvalue weighted by molar-refractivity contribution is 7.98. The summed E-state index contributed by atoms with van der Waals surface area (Å²) in [7, 11) is 0. The lowest BCUT2D eigenvalue weighted by Gasteiger charge is -2.07. The summed E-state index contributed by atoms with van der Waals surface area (Å²) in [6.45, 7) is 4.11. The lowest BCUT2D eigenvalue weighted by Crippen LogP contribution is -2.05. The first-order valence-corrected chi connectivity index (χ1v) is 7.04. The van der Waals surface area contributed by atoms with E-state index >= 15 is 0 Å². The first-order valence-electron chi connectivity index (χ1n) is 6.05. The molecule has 3 heteroatoms. The molecule has 0 bridgehead atoms. The third kappa shape index (κ3) is 3.34. The van der Waals surface area contributed by atoms with Gasteiger partial charge in [-0.25, -0.2) is 4.98 Å². The van der Waals surface area contributed by atoms with Crippen molar-refractivity contribution in [2.24, 2.45) is 5.73 Å². The van der Waals surface area contributed by atoms with Gasteiger partial charge in [0.15, 0.2) is 0 Å². The predicted molar refractivity (Wildman–Crippen MR) is 77.6 cm³/mol. The standard InChI is InChI=1S/C15H18N2S/c1-11-5-3-4-6-14(11)10-18-15-8-7-13(9-17-15)12(2)16/h3-9,12H,10,16H2,1-2H3/t12-/m1/s1. The largest absolute Gasteiger partial charge is 0.324 e. The number of hydrogen-bond donors (Lipinski definition) is 1. The SMILES string of the molecule is Cc1ccccc1CSc1ccc([C@@H](C)N)cn1. The van der Waals surface area contributed by atoms with Gasteiger partial charge in [-0.2, -0.15) is 0 Å². The Morgan fingerprint density at radius 1 is 1.22 bits per heavy atom. The second kappa shape index (κ2) is 6.03. The Morgan fingerprint density at radius 2 is 2.00 bits per heavy atom. The Labute approximate surface area is 113 Å². The first kappa shape index (κ1) is 13.1. The van der Waals surface area contributed by atoms with Gasteiger partial charge in [-0.15, -0.1) is 11.8 Å². The molecule has 0 saturated heterocycles. The van der Waals surface area contributed by atoms with Crippen molar-refractivity contribution in [3.05, 3.63) is 59.3 Å². The monoisotopic (exact) mass is 258 g/mol. The van der Waals surface area contributed by atoms with Crippen molar-refractivity contribution in [1.82, 2.24) is 4.98 Å². The van der Waals surface area contributed by atoms with Gasteiger partial charge in [0.25, 0.3) is 0 Å². The lowest BCUT2D eigenvalue weighted by atomic mass is 10.1. The molecule has 2 nitrogen and oxygen atoms in total. The van der Waals surface area contributed by atoms with Gasteiger partial charge in [0, 0.05) is 18.0 Å². The molecule has 0 spiro atoms. The van der Waals surface area contributed by atoms with E-state index in [4.69, 9.17) is 5.73 Å². The fourth-order valence-corrected chi connectivity index (χ4v) is 2.59. The molecule has 0 unspecified atom stereocenters. The van der Waals surface area contributed by atoms with Gasteiger partial charge in [-0.1, -0.05) is 30.3 Å². The van der Waals surface area contributed by atoms with Crippen LogP contribution in [0.1, 0.15) is 29.7 Å². The molecule has 2 aromatic rings. The van der Waals surface area contributed by atoms with Gasteiger partial charge in [0.05, 0.1) is 5.03 Å². The summed E-state index contributed by atoms with van der Waals surface area (Å²) in [4.78, 5) is 4.43. The summed E-state index contributed by atoms with van der Waals surface area (Å²) in [5, 5.41) is 1.04. The maximum atomic E-state index is 5.80. The molecule has 0 fully saturated rings. The molecule has 94 valence electrons. The summed E-state index contributed by atoms with van der Waals surface area (Å²) in [5.74, 6) is 0.956. The molecule has 1 heterocycles. The number of nitrogens with two attached hydrogens (primary N) is 1. The average Bonchev–Trinajstić information content (AvgIpc) is 2.38. The molecule has 1 aromatic heterocycles. The maximum absolute atomic E-state index is 5.80. The van der Waals surface area contributed by atoms with Gasteiger partial charge >= 0.3 is 0 Å². The van der Waals surface area contributed by atoms with Crippen LogP contribution in [0.2, 0.25) is 0 Å². The van der Waals surface area contributed by atoms with Crippen LogP contribution < -0.4 is 5.73 Å². The summed E-state index contributed by atoms with van der Waals surface area (Å²) in [6.07, 6.45) is 1.87. The van der Waals surface area contributed by atoms with Crippen LogP contribution in [-0.2, 0) is 5.75 Å². The van der Waals surface area contributed by atoms with Crippen molar-refractivity contribution in [3.63, 3.8) is 0 Å². The Hall–Kier alpha value is -1.32. The number of pyridine rings is 1. The second-order valence-corrected chi connectivity index (χ2v) is 5.43. The highest BCUT2D eigenvalue weighted by Gasteiger charge is 2.02. The molecular formula is C15H18N2S. The van der Waals surface area contributed by atoms with Crippen LogP contribution in [0.4, 0.5) is 0 Å². The number of benzene rings is 1. The fourth-order valence-electron chi connectivity index (χ4n) is 1.67. The highest BCUT2D eigenvalue weighted by atomic mass is 32.2. The molecular weight excluding hydrogens is 240 g/mol. The van der Waals surface area contributed by atoms with Crippen LogP contribution >= 0.6 is 11.8 Å². The molecule has 18 heavy (non-hydrogen) atoms. The van der Waals surface area contributed by atoms with Crippen LogP contribution in [-0.4, -0.2) is 4.98 Å². The predicted octanol–water partition coefficient (Wildman–Crippen LogP) is 3.70. The smallest absolute Gasteiger partial charge is 0.0963 e. The van der Waals surface area contributed by atoms with E-state index in [0.29, 0.717) is 0 Å². The third-order valence-electron chi connectivity index (χ3n) is 2.92. The Kier molecular flexibility index (Phi) is 4.39. The first-order chi connectivity index (χ1) is 8.66. The summed E-state index contributed by atoms with van der Waals surface area (Å²) in [5.41, 5.74) is 9.57. The van der Waals surface area contributed by atoms with E-state index in [1.807, 2.05) is 19.2 Å². The van der Waals surface area contributed by atoms with Gasteiger partial charge < -0.3 is 5.73 Å². The summed E-state index contributed by atoms with van der Waals surface area (Å²) in [6, 6.07) is 12.6. The number of nitrogens with zero attached hydrogens (tertiary/aromatic N) is 1. The third-order valence-corrected chi connectivity index (χ3v) is 3.91. The van der Waals surface area contributed by atoms with E-state index in [1.54, 1.807) is 11.8 Å². The zero-order valence-corrected chi connectivity index (χ0v) is 11.6. The van der Waals surface area contributed by atoms with Crippen molar-refractivity contribution >= 4 is 11.8 Å². The van der Waals surface area contributed by atoms with E-state index in [9.17, 15) is 0 Å². The molecule has 2 N–H and O–H groups in total. The van der Waals surface area contributed by atoms with Gasteiger partial charge in [-0.3, -0.25) is 0 Å². The number of rotatable bonds is 4. The Morgan fingerprint density at radius 3 is 2.61 bits per heavy atom. The second-order valence-electron chi connectivity index (χ2n) is 4.43. The molecule has 0 aliphatic heterocycles. The minimum Gasteiger partial charge on any atom is -0.324 e. The van der Waals surface area contributed by atoms with Crippen molar-refractivity contribution < 1.29 is 0 Å². The zero-order chi connectivity index (χ0) is 13.0. The number of thioether (sulfide) groups is 1. The quantitative estimate of drug-likeness (QED) is 0.850. The number of aryl methyl sites for hydroxylation is 1. The van der Waals surface area contributed by atoms with Crippen LogP contribution in [0.25, 0.3) is 0 Å². The van der Waals surface area contributed by atoms with Crippen molar-refractivity contribution in [2.75, 3.05) is 0 Å². The summed E-state index contributed by atoms with van der Waals surface area (Å²) < 4.78 is 0. The van der Waals surface area contributed by atoms with Crippen molar-refractivity contribution in [3.8, 4) is 0 Å². The molecule has 0 aliphatic carbocycles. The minimum atomic E-state index is 0.0490. The van der Waals surface area contributed by atoms with Crippen LogP contribution in [0.5, 0.6) is 0 Å². The highest BCUT2D eigenvalue weighted by Crippen LogP contribution is 2.23. The van der Waals surface area contributed by atoms with Crippen molar-refractivity contribution in [1.29, 1.82) is 0 Å². The molecule has 1 aromatic carbocycles. The molecule has 0 amide bonds. The maximum Gasteiger partial charge on any atom is 0.0963 e. The Balaban J connectivity index is 2.00. The number of aromatic nitrogens is 1. The Bertz CT molecular complexity index is 506. The van der Waals surface area contributed by atoms with Crippen LogP contribution in [0.3, 0.4) is 0 Å². The van der Waals surface area contributed by atoms with Crippen LogP contribution in [0, 0.1) is 6.92 Å². The lowest BCUT2D eigenvalue weighted by molar-refractivity contribution is 0.806. The van der Waals surface area contributed by atoms with E-state index < -0.39 is 0 Å². The van der Waals surface area contributed by atoms with Gasteiger partial charge in [0.1, 0.15) is 0 Å². The van der Waals surface area contributed by atoms with Gasteiger partial charge in [0.2, 0.25) is 0 Å². The molecule has 1 atom stereocenters. The average molecular weight is 258 g/mol. The normalized spacial score (nSPS) is 12.4. The molecule has 0 radical (unpaired) electrons. The summed E-state index contributed by atoms with van der Waals surface area (Å²) >= 11 is 1.76. The van der Waals surface area contributed by atoms with E-state index in [0.717, 1.165) is 16.3 Å². The molecule has 0 saturated carbocycles. The molecule has 0 aliphatic rings. The van der Waals surface area contributed by atoms with Gasteiger partial charge in [-0.05, 0) is 36.6 Å². The minimum absolute atomic E-state index is 0.0490.